The number of anilines is 1. The average Bonchev–Trinajstić information content (AvgIpc) is 2.37. The van der Waals surface area contributed by atoms with E-state index in [1.807, 2.05) is 0 Å². The molecule has 6 heteroatoms. The van der Waals surface area contributed by atoms with Gasteiger partial charge in [0.25, 0.3) is 0 Å². The van der Waals surface area contributed by atoms with Gasteiger partial charge in [-0.2, -0.15) is 0 Å². The molecule has 1 aromatic rings. The first-order chi connectivity index (χ1) is 8.67. The van der Waals surface area contributed by atoms with Crippen molar-refractivity contribution in [3.8, 4) is 5.75 Å². The number of benzene rings is 1. The van der Waals surface area contributed by atoms with E-state index in [0.29, 0.717) is 29.6 Å². The maximum atomic E-state index is 11.5. The number of rotatable bonds is 7. The van der Waals surface area contributed by atoms with Gasteiger partial charge in [0, 0.05) is 18.7 Å². The van der Waals surface area contributed by atoms with Crippen molar-refractivity contribution >= 4 is 23.2 Å². The second-order valence-corrected chi connectivity index (χ2v) is 3.98. The molecule has 1 aromatic carbocycles. The predicted molar refractivity (Wildman–Crippen MR) is 71.4 cm³/mol. The third kappa shape index (κ3) is 4.81. The molecule has 18 heavy (non-hydrogen) atoms. The highest BCUT2D eigenvalue weighted by atomic mass is 35.5. The van der Waals surface area contributed by atoms with Crippen LogP contribution in [0.1, 0.15) is 0 Å². The monoisotopic (exact) mass is 272 g/mol. The Balaban J connectivity index is 2.47. The molecule has 0 atom stereocenters. The van der Waals surface area contributed by atoms with Crippen LogP contribution in [0.2, 0.25) is 5.02 Å². The summed E-state index contributed by atoms with van der Waals surface area (Å²) in [7, 11) is 3.15. The molecule has 0 aromatic heterocycles. The Morgan fingerprint density at radius 1 is 1.39 bits per heavy atom. The Morgan fingerprint density at radius 3 is 2.83 bits per heavy atom. The normalized spacial score (nSPS) is 9.94. The van der Waals surface area contributed by atoms with Crippen molar-refractivity contribution < 1.29 is 14.3 Å². The molecule has 2 N–H and O–H groups in total. The number of carbonyl (C=O) groups is 1. The Hall–Kier alpha value is -1.46. The van der Waals surface area contributed by atoms with Crippen LogP contribution >= 0.6 is 11.6 Å². The summed E-state index contributed by atoms with van der Waals surface area (Å²) in [5, 5.41) is 6.26. The molecule has 0 aliphatic carbocycles. The van der Waals surface area contributed by atoms with Crippen LogP contribution in [0.15, 0.2) is 18.2 Å². The fourth-order valence-electron chi connectivity index (χ4n) is 1.35. The van der Waals surface area contributed by atoms with Crippen LogP contribution in [0.25, 0.3) is 0 Å². The fraction of sp³-hybridized carbons (Fsp3) is 0.417. The highest BCUT2D eigenvalue weighted by Gasteiger charge is 2.05. The zero-order valence-electron chi connectivity index (χ0n) is 10.5. The minimum Gasteiger partial charge on any atom is -0.495 e. The molecule has 0 saturated carbocycles. The number of ether oxygens (including phenoxy) is 2. The maximum absolute atomic E-state index is 11.5. The zero-order valence-corrected chi connectivity index (χ0v) is 11.2. The van der Waals surface area contributed by atoms with E-state index in [1.165, 1.54) is 0 Å². The average molecular weight is 273 g/mol. The minimum atomic E-state index is -0.117. The molecule has 5 nitrogen and oxygen atoms in total. The van der Waals surface area contributed by atoms with Crippen LogP contribution in [0.5, 0.6) is 5.75 Å². The van der Waals surface area contributed by atoms with E-state index in [9.17, 15) is 4.79 Å². The van der Waals surface area contributed by atoms with Gasteiger partial charge in [0.05, 0.1) is 25.9 Å². The first kappa shape index (κ1) is 14.6. The SMILES string of the molecule is COCCNC(=O)CNc1cc(Cl)ccc1OC. The number of halogens is 1. The molecule has 0 spiro atoms. The molecule has 0 aliphatic rings. The van der Waals surface area contributed by atoms with Gasteiger partial charge in [0.15, 0.2) is 0 Å². The summed E-state index contributed by atoms with van der Waals surface area (Å²) < 4.78 is 9.99. The van der Waals surface area contributed by atoms with Crippen LogP contribution < -0.4 is 15.4 Å². The Morgan fingerprint density at radius 2 is 2.17 bits per heavy atom. The number of hydrogen-bond donors (Lipinski definition) is 2. The van der Waals surface area contributed by atoms with Crippen LogP contribution in [-0.4, -0.2) is 39.8 Å². The van der Waals surface area contributed by atoms with E-state index in [2.05, 4.69) is 10.6 Å². The summed E-state index contributed by atoms with van der Waals surface area (Å²) >= 11 is 5.88. The lowest BCUT2D eigenvalue weighted by molar-refractivity contribution is -0.119. The highest BCUT2D eigenvalue weighted by molar-refractivity contribution is 6.30. The van der Waals surface area contributed by atoms with E-state index >= 15 is 0 Å². The van der Waals surface area contributed by atoms with Crippen molar-refractivity contribution in [2.75, 3.05) is 39.2 Å². The van der Waals surface area contributed by atoms with Gasteiger partial charge >= 0.3 is 0 Å². The summed E-state index contributed by atoms with van der Waals surface area (Å²) in [4.78, 5) is 11.5. The molecule has 0 heterocycles. The molecule has 0 unspecified atom stereocenters. The Labute approximate surface area is 111 Å². The van der Waals surface area contributed by atoms with Crippen LogP contribution in [0.4, 0.5) is 5.69 Å². The third-order valence-electron chi connectivity index (χ3n) is 2.23. The molecule has 0 aliphatic heterocycles. The minimum absolute atomic E-state index is 0.117. The van der Waals surface area contributed by atoms with Crippen LogP contribution in [0, 0.1) is 0 Å². The van der Waals surface area contributed by atoms with Gasteiger partial charge in [0.2, 0.25) is 5.91 Å². The molecule has 1 amide bonds. The van der Waals surface area contributed by atoms with Crippen molar-refractivity contribution in [1.29, 1.82) is 0 Å². The molecular weight excluding hydrogens is 256 g/mol. The van der Waals surface area contributed by atoms with Crippen LogP contribution in [-0.2, 0) is 9.53 Å². The van der Waals surface area contributed by atoms with Crippen molar-refractivity contribution in [1.82, 2.24) is 5.32 Å². The summed E-state index contributed by atoms with van der Waals surface area (Å²) in [6, 6.07) is 5.18. The lowest BCUT2D eigenvalue weighted by atomic mass is 10.3. The summed E-state index contributed by atoms with van der Waals surface area (Å²) in [5.41, 5.74) is 0.687. The first-order valence-electron chi connectivity index (χ1n) is 5.50. The molecule has 100 valence electrons. The molecular formula is C12H17ClN2O3. The van der Waals surface area contributed by atoms with Gasteiger partial charge in [-0.25, -0.2) is 0 Å². The molecule has 0 fully saturated rings. The highest BCUT2D eigenvalue weighted by Crippen LogP contribution is 2.27. The van der Waals surface area contributed by atoms with E-state index < -0.39 is 0 Å². The maximum Gasteiger partial charge on any atom is 0.239 e. The summed E-state index contributed by atoms with van der Waals surface area (Å²) in [5.74, 6) is 0.526. The first-order valence-corrected chi connectivity index (χ1v) is 5.88. The van der Waals surface area contributed by atoms with Gasteiger partial charge in [-0.1, -0.05) is 11.6 Å². The van der Waals surface area contributed by atoms with Crippen molar-refractivity contribution in [3.05, 3.63) is 23.2 Å². The zero-order chi connectivity index (χ0) is 13.4. The van der Waals surface area contributed by atoms with Crippen LogP contribution in [0.3, 0.4) is 0 Å². The standard InChI is InChI=1S/C12H17ClN2O3/c1-17-6-5-14-12(16)8-15-10-7-9(13)3-4-11(10)18-2/h3-4,7,15H,5-6,8H2,1-2H3,(H,14,16). The van der Waals surface area contributed by atoms with E-state index in [-0.39, 0.29) is 12.5 Å². The number of carbonyl (C=O) groups excluding carboxylic acids is 1. The lowest BCUT2D eigenvalue weighted by Crippen LogP contribution is -2.32. The van der Waals surface area contributed by atoms with Gasteiger partial charge in [-0.05, 0) is 18.2 Å². The third-order valence-corrected chi connectivity index (χ3v) is 2.46. The number of methoxy groups -OCH3 is 2. The Bertz CT molecular complexity index is 399. The van der Waals surface area contributed by atoms with Gasteiger partial charge in [-0.15, -0.1) is 0 Å². The summed E-state index contributed by atoms with van der Waals surface area (Å²) in [6.07, 6.45) is 0. The van der Waals surface area contributed by atoms with Crippen molar-refractivity contribution in [2.24, 2.45) is 0 Å². The van der Waals surface area contributed by atoms with E-state index in [1.54, 1.807) is 32.4 Å². The number of hydrogen-bond acceptors (Lipinski definition) is 4. The fourth-order valence-corrected chi connectivity index (χ4v) is 1.52. The smallest absolute Gasteiger partial charge is 0.239 e. The second kappa shape index (κ2) is 7.79. The largest absolute Gasteiger partial charge is 0.495 e. The molecule has 0 radical (unpaired) electrons. The number of nitrogens with one attached hydrogen (secondary N) is 2. The number of amides is 1. The van der Waals surface area contributed by atoms with Crippen molar-refractivity contribution in [3.63, 3.8) is 0 Å². The summed E-state index contributed by atoms with van der Waals surface area (Å²) in [6.45, 7) is 1.14. The van der Waals surface area contributed by atoms with Gasteiger partial charge < -0.3 is 20.1 Å². The van der Waals surface area contributed by atoms with Crippen molar-refractivity contribution in [2.45, 2.75) is 0 Å². The molecule has 0 bridgehead atoms. The quantitative estimate of drug-likeness (QED) is 0.739. The topological polar surface area (TPSA) is 59.6 Å². The predicted octanol–water partition coefficient (Wildman–Crippen LogP) is 1.52. The second-order valence-electron chi connectivity index (χ2n) is 3.54. The molecule has 0 saturated heterocycles. The Kier molecular flexibility index (Phi) is 6.32. The lowest BCUT2D eigenvalue weighted by Gasteiger charge is -2.11. The van der Waals surface area contributed by atoms with E-state index in [0.717, 1.165) is 0 Å². The molecule has 1 rings (SSSR count). The van der Waals surface area contributed by atoms with E-state index in [4.69, 9.17) is 21.1 Å². The van der Waals surface area contributed by atoms with Gasteiger partial charge in [-0.3, -0.25) is 4.79 Å². The van der Waals surface area contributed by atoms with Gasteiger partial charge in [0.1, 0.15) is 5.75 Å².